The molecule has 0 aliphatic carbocycles. The minimum absolute atomic E-state index is 0.129. The minimum atomic E-state index is -0.629. The molecule has 2 rings (SSSR count). The Labute approximate surface area is 115 Å². The first kappa shape index (κ1) is 13.8. The van der Waals surface area contributed by atoms with Crippen molar-refractivity contribution >= 4 is 33.7 Å². The number of primary amides is 1. The molecular weight excluding hydrogens is 266 g/mol. The summed E-state index contributed by atoms with van der Waals surface area (Å²) in [5.41, 5.74) is 11.5. The van der Waals surface area contributed by atoms with Crippen LogP contribution in [0.25, 0.3) is 0 Å². The van der Waals surface area contributed by atoms with Crippen LogP contribution in [0.2, 0.25) is 0 Å². The number of hydrogen-bond acceptors (Lipinski definition) is 6. The van der Waals surface area contributed by atoms with Gasteiger partial charge in [0.25, 0.3) is 5.91 Å². The summed E-state index contributed by atoms with van der Waals surface area (Å²) in [5, 5.41) is 3.66. The molecule has 1 saturated heterocycles. The molecule has 0 aromatic carbocycles. The lowest BCUT2D eigenvalue weighted by Crippen LogP contribution is -2.20. The number of ketones is 1. The molecule has 1 unspecified atom stereocenters. The molecule has 0 radical (unpaired) electrons. The third-order valence-corrected chi connectivity index (χ3v) is 4.29. The molecule has 1 aromatic heterocycles. The fourth-order valence-corrected chi connectivity index (χ4v) is 3.11. The minimum Gasteiger partial charge on any atom is -0.397 e. The van der Waals surface area contributed by atoms with Gasteiger partial charge in [0, 0.05) is 20.1 Å². The molecule has 7 heteroatoms. The number of thiophene rings is 1. The van der Waals surface area contributed by atoms with E-state index in [0.717, 1.165) is 30.8 Å². The number of nitrogens with one attached hydrogen (secondary N) is 1. The SMILES string of the molecule is CC(=O)c1sc(NCC2CCCO2)c(C(N)=O)c1N. The Bertz CT molecular complexity index is 507. The molecule has 1 aliphatic rings. The van der Waals surface area contributed by atoms with E-state index in [2.05, 4.69) is 5.32 Å². The van der Waals surface area contributed by atoms with Crippen LogP contribution in [0.3, 0.4) is 0 Å². The summed E-state index contributed by atoms with van der Waals surface area (Å²) in [6.07, 6.45) is 2.16. The van der Waals surface area contributed by atoms with Gasteiger partial charge in [0.1, 0.15) is 5.00 Å². The van der Waals surface area contributed by atoms with Crippen LogP contribution in [0.4, 0.5) is 10.7 Å². The molecule has 1 aromatic rings. The Hall–Kier alpha value is -1.60. The van der Waals surface area contributed by atoms with Crippen molar-refractivity contribution in [2.45, 2.75) is 25.9 Å². The van der Waals surface area contributed by atoms with Crippen molar-refractivity contribution in [3.05, 3.63) is 10.4 Å². The van der Waals surface area contributed by atoms with Gasteiger partial charge < -0.3 is 21.5 Å². The fourth-order valence-electron chi connectivity index (χ4n) is 2.09. The molecule has 19 heavy (non-hydrogen) atoms. The standard InChI is InChI=1S/C12H17N3O3S/c1-6(16)10-9(13)8(11(14)17)12(19-10)15-5-7-3-2-4-18-7/h7,15H,2-5,13H2,1H3,(H2,14,17). The summed E-state index contributed by atoms with van der Waals surface area (Å²) >= 11 is 1.16. The van der Waals surface area contributed by atoms with Crippen molar-refractivity contribution in [3.63, 3.8) is 0 Å². The molecule has 104 valence electrons. The van der Waals surface area contributed by atoms with Gasteiger partial charge in [-0.1, -0.05) is 0 Å². The van der Waals surface area contributed by atoms with Gasteiger partial charge in [0.15, 0.2) is 5.78 Å². The number of Topliss-reactive ketones (excluding diaryl/α,β-unsaturated/α-hetero) is 1. The Balaban J connectivity index is 2.20. The number of rotatable bonds is 5. The Morgan fingerprint density at radius 1 is 1.53 bits per heavy atom. The second-order valence-electron chi connectivity index (χ2n) is 4.49. The van der Waals surface area contributed by atoms with Crippen LogP contribution >= 0.6 is 11.3 Å². The Morgan fingerprint density at radius 3 is 2.79 bits per heavy atom. The molecule has 2 heterocycles. The van der Waals surface area contributed by atoms with Gasteiger partial charge in [-0.05, 0) is 12.8 Å². The summed E-state index contributed by atoms with van der Waals surface area (Å²) < 4.78 is 5.49. The topological polar surface area (TPSA) is 107 Å². The van der Waals surface area contributed by atoms with Crippen LogP contribution in [-0.2, 0) is 4.74 Å². The zero-order valence-electron chi connectivity index (χ0n) is 10.7. The molecule has 1 fully saturated rings. The van der Waals surface area contributed by atoms with E-state index < -0.39 is 5.91 Å². The highest BCUT2D eigenvalue weighted by Gasteiger charge is 2.23. The third-order valence-electron chi connectivity index (χ3n) is 3.03. The zero-order valence-corrected chi connectivity index (χ0v) is 11.5. The van der Waals surface area contributed by atoms with Crippen molar-refractivity contribution < 1.29 is 14.3 Å². The average Bonchev–Trinajstić information content (AvgIpc) is 2.93. The number of nitrogen functional groups attached to an aromatic ring is 1. The summed E-state index contributed by atoms with van der Waals surface area (Å²) in [4.78, 5) is 23.2. The van der Waals surface area contributed by atoms with Crippen molar-refractivity contribution in [1.82, 2.24) is 0 Å². The molecule has 5 N–H and O–H groups in total. The van der Waals surface area contributed by atoms with Crippen molar-refractivity contribution in [2.75, 3.05) is 24.2 Å². The van der Waals surface area contributed by atoms with E-state index in [0.29, 0.717) is 16.4 Å². The van der Waals surface area contributed by atoms with Crippen molar-refractivity contribution in [1.29, 1.82) is 0 Å². The van der Waals surface area contributed by atoms with Crippen molar-refractivity contribution in [3.8, 4) is 0 Å². The van der Waals surface area contributed by atoms with Crippen LogP contribution in [0.5, 0.6) is 0 Å². The van der Waals surface area contributed by atoms with Gasteiger partial charge >= 0.3 is 0 Å². The van der Waals surface area contributed by atoms with Gasteiger partial charge in [-0.15, -0.1) is 11.3 Å². The Morgan fingerprint density at radius 2 is 2.26 bits per heavy atom. The van der Waals surface area contributed by atoms with Crippen LogP contribution in [0, 0.1) is 0 Å². The van der Waals surface area contributed by atoms with Crippen molar-refractivity contribution in [2.24, 2.45) is 5.73 Å². The molecule has 0 saturated carbocycles. The number of amides is 1. The largest absolute Gasteiger partial charge is 0.397 e. The first-order chi connectivity index (χ1) is 9.00. The molecule has 1 atom stereocenters. The maximum Gasteiger partial charge on any atom is 0.253 e. The van der Waals surface area contributed by atoms with E-state index in [1.807, 2.05) is 0 Å². The second-order valence-corrected chi connectivity index (χ2v) is 5.51. The summed E-state index contributed by atoms with van der Waals surface area (Å²) in [7, 11) is 0. The van der Waals surface area contributed by atoms with E-state index >= 15 is 0 Å². The van der Waals surface area contributed by atoms with E-state index in [-0.39, 0.29) is 23.1 Å². The number of carbonyl (C=O) groups is 2. The van der Waals surface area contributed by atoms with Gasteiger partial charge in [-0.3, -0.25) is 9.59 Å². The number of ether oxygens (including phenoxy) is 1. The fraction of sp³-hybridized carbons (Fsp3) is 0.500. The van der Waals surface area contributed by atoms with E-state index in [4.69, 9.17) is 16.2 Å². The predicted octanol–water partition coefficient (Wildman–Crippen LogP) is 1.22. The lowest BCUT2D eigenvalue weighted by Gasteiger charge is -2.11. The van der Waals surface area contributed by atoms with Crippen LogP contribution < -0.4 is 16.8 Å². The summed E-state index contributed by atoms with van der Waals surface area (Å²) in [5.74, 6) is -0.800. The van der Waals surface area contributed by atoms with Gasteiger partial charge in [0.05, 0.1) is 22.2 Å². The van der Waals surface area contributed by atoms with E-state index in [1.165, 1.54) is 6.92 Å². The third kappa shape index (κ3) is 2.87. The highest BCUT2D eigenvalue weighted by Crippen LogP contribution is 2.35. The van der Waals surface area contributed by atoms with Gasteiger partial charge in [-0.2, -0.15) is 0 Å². The molecule has 6 nitrogen and oxygen atoms in total. The quantitative estimate of drug-likeness (QED) is 0.704. The van der Waals surface area contributed by atoms with E-state index in [9.17, 15) is 9.59 Å². The predicted molar refractivity (Wildman–Crippen MR) is 74.7 cm³/mol. The van der Waals surface area contributed by atoms with Crippen LogP contribution in [0.15, 0.2) is 0 Å². The molecule has 0 bridgehead atoms. The summed E-state index contributed by atoms with van der Waals surface area (Å²) in [6.45, 7) is 2.76. The summed E-state index contributed by atoms with van der Waals surface area (Å²) in [6, 6.07) is 0. The highest BCUT2D eigenvalue weighted by molar-refractivity contribution is 7.19. The molecule has 1 aliphatic heterocycles. The van der Waals surface area contributed by atoms with Crippen LogP contribution in [0.1, 0.15) is 39.8 Å². The maximum atomic E-state index is 11.4. The van der Waals surface area contributed by atoms with Gasteiger partial charge in [-0.25, -0.2) is 0 Å². The monoisotopic (exact) mass is 283 g/mol. The Kier molecular flexibility index (Phi) is 4.06. The van der Waals surface area contributed by atoms with E-state index in [1.54, 1.807) is 0 Å². The van der Waals surface area contributed by atoms with Crippen LogP contribution in [-0.4, -0.2) is 30.9 Å². The number of carbonyl (C=O) groups excluding carboxylic acids is 2. The highest BCUT2D eigenvalue weighted by atomic mass is 32.1. The lowest BCUT2D eigenvalue weighted by molar-refractivity contribution is 0.100. The first-order valence-electron chi connectivity index (χ1n) is 6.09. The number of hydrogen-bond donors (Lipinski definition) is 3. The first-order valence-corrected chi connectivity index (χ1v) is 6.90. The smallest absolute Gasteiger partial charge is 0.253 e. The van der Waals surface area contributed by atoms with Gasteiger partial charge in [0.2, 0.25) is 0 Å². The molecule has 0 spiro atoms. The molecular formula is C12H17N3O3S. The average molecular weight is 283 g/mol. The number of nitrogens with two attached hydrogens (primary N) is 2. The zero-order chi connectivity index (χ0) is 14.0. The lowest BCUT2D eigenvalue weighted by atomic mass is 10.2. The maximum absolute atomic E-state index is 11.4. The molecule has 1 amide bonds. The second kappa shape index (κ2) is 5.58. The number of anilines is 2. The normalized spacial score (nSPS) is 18.5.